The third-order valence-electron chi connectivity index (χ3n) is 5.93. The molecule has 0 bridgehead atoms. The second kappa shape index (κ2) is 10.4. The standard InChI is InChI=1S/C22H30N4O5/c1-31-22(30)15-4-2-5-16(15)25-21(29)17(6-3-11-23)26-20(28)14-8-7-13-9-10-19(27)24-18(13)12-14/h7-8,12,15-17H,2-6,9-11,23H2,1H3,(H,24,27)(H,25,29)(H,26,28)/t15-,16+,17+/m1/s1. The van der Waals surface area contributed by atoms with Crippen LogP contribution in [0.15, 0.2) is 18.2 Å². The van der Waals surface area contributed by atoms with Gasteiger partial charge in [0.25, 0.3) is 5.91 Å². The van der Waals surface area contributed by atoms with Crippen molar-refractivity contribution in [1.29, 1.82) is 0 Å². The molecule has 3 amide bonds. The minimum Gasteiger partial charge on any atom is -0.469 e. The van der Waals surface area contributed by atoms with Crippen molar-refractivity contribution in [1.82, 2.24) is 10.6 Å². The molecule has 1 aromatic carbocycles. The first kappa shape index (κ1) is 22.7. The van der Waals surface area contributed by atoms with E-state index in [4.69, 9.17) is 10.5 Å². The van der Waals surface area contributed by atoms with Gasteiger partial charge < -0.3 is 26.4 Å². The molecule has 9 heteroatoms. The van der Waals surface area contributed by atoms with Gasteiger partial charge in [0, 0.05) is 23.7 Å². The second-order valence-electron chi connectivity index (χ2n) is 8.05. The van der Waals surface area contributed by atoms with Crippen molar-refractivity contribution in [3.05, 3.63) is 29.3 Å². The number of esters is 1. The number of fused-ring (bicyclic) bond motifs is 1. The lowest BCUT2D eigenvalue weighted by Crippen LogP contribution is -2.51. The Hall–Kier alpha value is -2.94. The van der Waals surface area contributed by atoms with Gasteiger partial charge in [-0.15, -0.1) is 0 Å². The molecule has 0 saturated heterocycles. The highest BCUT2D eigenvalue weighted by Gasteiger charge is 2.36. The molecule has 168 valence electrons. The van der Waals surface area contributed by atoms with Gasteiger partial charge in [-0.3, -0.25) is 19.2 Å². The smallest absolute Gasteiger partial charge is 0.310 e. The highest BCUT2D eigenvalue weighted by Crippen LogP contribution is 2.27. The molecule has 0 aromatic heterocycles. The van der Waals surface area contributed by atoms with Crippen LogP contribution in [0.2, 0.25) is 0 Å². The number of amides is 3. The molecule has 3 atom stereocenters. The van der Waals surface area contributed by atoms with Gasteiger partial charge in [0.15, 0.2) is 0 Å². The van der Waals surface area contributed by atoms with E-state index in [-0.39, 0.29) is 29.7 Å². The number of ether oxygens (including phenoxy) is 1. The number of benzene rings is 1. The number of carbonyl (C=O) groups is 4. The molecule has 1 fully saturated rings. The summed E-state index contributed by atoms with van der Waals surface area (Å²) in [5.74, 6) is -1.53. The van der Waals surface area contributed by atoms with Gasteiger partial charge in [0.2, 0.25) is 11.8 Å². The summed E-state index contributed by atoms with van der Waals surface area (Å²) in [6.45, 7) is 0.388. The molecule has 1 aliphatic heterocycles. The fourth-order valence-corrected chi connectivity index (χ4v) is 4.19. The zero-order valence-electron chi connectivity index (χ0n) is 17.7. The van der Waals surface area contributed by atoms with E-state index >= 15 is 0 Å². The maximum atomic E-state index is 12.9. The van der Waals surface area contributed by atoms with Crippen molar-refractivity contribution in [3.8, 4) is 0 Å². The highest BCUT2D eigenvalue weighted by molar-refractivity contribution is 6.00. The van der Waals surface area contributed by atoms with E-state index in [1.807, 2.05) is 6.07 Å². The van der Waals surface area contributed by atoms with Crippen molar-refractivity contribution in [2.75, 3.05) is 19.0 Å². The summed E-state index contributed by atoms with van der Waals surface area (Å²) < 4.78 is 4.84. The van der Waals surface area contributed by atoms with Crippen LogP contribution < -0.4 is 21.7 Å². The minimum atomic E-state index is -0.777. The van der Waals surface area contributed by atoms with E-state index in [9.17, 15) is 19.2 Å². The number of methoxy groups -OCH3 is 1. The maximum Gasteiger partial charge on any atom is 0.310 e. The summed E-state index contributed by atoms with van der Waals surface area (Å²) >= 11 is 0. The number of anilines is 1. The molecule has 5 N–H and O–H groups in total. The summed E-state index contributed by atoms with van der Waals surface area (Å²) in [5.41, 5.74) is 7.57. The minimum absolute atomic E-state index is 0.0815. The van der Waals surface area contributed by atoms with E-state index in [1.54, 1.807) is 12.1 Å². The molecule has 0 radical (unpaired) electrons. The Balaban J connectivity index is 1.68. The summed E-state index contributed by atoms with van der Waals surface area (Å²) in [6, 6.07) is 4.05. The zero-order valence-corrected chi connectivity index (χ0v) is 17.7. The lowest BCUT2D eigenvalue weighted by atomic mass is 10.00. The maximum absolute atomic E-state index is 12.9. The zero-order chi connectivity index (χ0) is 22.4. The number of hydrogen-bond acceptors (Lipinski definition) is 6. The normalized spacial score (nSPS) is 20.9. The fraction of sp³-hybridized carbons (Fsp3) is 0.545. The van der Waals surface area contributed by atoms with Crippen LogP contribution in [-0.4, -0.2) is 49.4 Å². The van der Waals surface area contributed by atoms with Gasteiger partial charge in [-0.2, -0.15) is 0 Å². The van der Waals surface area contributed by atoms with Crippen molar-refractivity contribution < 1.29 is 23.9 Å². The highest BCUT2D eigenvalue weighted by atomic mass is 16.5. The van der Waals surface area contributed by atoms with Crippen LogP contribution in [0, 0.1) is 5.92 Å². The number of rotatable bonds is 8. The number of aryl methyl sites for hydroxylation is 1. The topological polar surface area (TPSA) is 140 Å². The summed E-state index contributed by atoms with van der Waals surface area (Å²) in [5, 5.41) is 8.47. The van der Waals surface area contributed by atoms with Crippen LogP contribution in [-0.2, 0) is 25.5 Å². The van der Waals surface area contributed by atoms with Crippen LogP contribution in [0.25, 0.3) is 0 Å². The van der Waals surface area contributed by atoms with E-state index in [0.717, 1.165) is 12.0 Å². The molecule has 1 aromatic rings. The van der Waals surface area contributed by atoms with E-state index in [2.05, 4.69) is 16.0 Å². The molecular formula is C22H30N4O5. The van der Waals surface area contributed by atoms with Gasteiger partial charge in [-0.25, -0.2) is 0 Å². The van der Waals surface area contributed by atoms with Crippen molar-refractivity contribution in [3.63, 3.8) is 0 Å². The molecule has 1 heterocycles. The van der Waals surface area contributed by atoms with Crippen molar-refractivity contribution in [2.24, 2.45) is 11.7 Å². The van der Waals surface area contributed by atoms with Crippen LogP contribution in [0.5, 0.6) is 0 Å². The molecule has 0 unspecified atom stereocenters. The largest absolute Gasteiger partial charge is 0.469 e. The van der Waals surface area contributed by atoms with Gasteiger partial charge in [-0.05, 0) is 56.3 Å². The van der Waals surface area contributed by atoms with E-state index < -0.39 is 11.9 Å². The Morgan fingerprint density at radius 3 is 2.81 bits per heavy atom. The third-order valence-corrected chi connectivity index (χ3v) is 5.93. The number of hydrogen-bond donors (Lipinski definition) is 4. The molecule has 3 rings (SSSR count). The van der Waals surface area contributed by atoms with Crippen LogP contribution >= 0.6 is 0 Å². The van der Waals surface area contributed by atoms with Crippen LogP contribution in [0.4, 0.5) is 5.69 Å². The molecule has 0 spiro atoms. The SMILES string of the molecule is COC(=O)[C@@H]1CCC[C@@H]1NC(=O)[C@H](CCCN)NC(=O)c1ccc2c(c1)NC(=O)CC2. The van der Waals surface area contributed by atoms with Crippen molar-refractivity contribution in [2.45, 2.75) is 57.0 Å². The Labute approximate surface area is 181 Å². The van der Waals surface area contributed by atoms with E-state index in [1.165, 1.54) is 7.11 Å². The third kappa shape index (κ3) is 5.61. The number of nitrogens with two attached hydrogens (primary N) is 1. The number of carbonyl (C=O) groups excluding carboxylic acids is 4. The Bertz CT molecular complexity index is 856. The quantitative estimate of drug-likeness (QED) is 0.451. The van der Waals surface area contributed by atoms with Crippen molar-refractivity contribution >= 4 is 29.4 Å². The first-order valence-corrected chi connectivity index (χ1v) is 10.7. The lowest BCUT2D eigenvalue weighted by Gasteiger charge is -2.24. The molecule has 2 aliphatic rings. The fourth-order valence-electron chi connectivity index (χ4n) is 4.19. The second-order valence-corrected chi connectivity index (χ2v) is 8.05. The summed E-state index contributed by atoms with van der Waals surface area (Å²) in [6.07, 6.45) is 4.17. The first-order valence-electron chi connectivity index (χ1n) is 10.7. The monoisotopic (exact) mass is 430 g/mol. The van der Waals surface area contributed by atoms with Gasteiger partial charge in [0.1, 0.15) is 6.04 Å². The van der Waals surface area contributed by atoms with Gasteiger partial charge in [-0.1, -0.05) is 12.5 Å². The average Bonchev–Trinajstić information content (AvgIpc) is 3.23. The Kier molecular flexibility index (Phi) is 7.62. The number of nitrogens with one attached hydrogen (secondary N) is 3. The average molecular weight is 431 g/mol. The predicted octanol–water partition coefficient (Wildman–Crippen LogP) is 0.867. The first-order chi connectivity index (χ1) is 14.9. The molecule has 9 nitrogen and oxygen atoms in total. The van der Waals surface area contributed by atoms with Gasteiger partial charge in [0.05, 0.1) is 13.0 Å². The molecule has 1 aliphatic carbocycles. The van der Waals surface area contributed by atoms with Crippen LogP contribution in [0.3, 0.4) is 0 Å². The van der Waals surface area contributed by atoms with Gasteiger partial charge >= 0.3 is 5.97 Å². The Morgan fingerprint density at radius 2 is 2.06 bits per heavy atom. The molecule has 1 saturated carbocycles. The summed E-state index contributed by atoms with van der Waals surface area (Å²) in [7, 11) is 1.34. The summed E-state index contributed by atoms with van der Waals surface area (Å²) in [4.78, 5) is 49.4. The van der Waals surface area contributed by atoms with E-state index in [0.29, 0.717) is 56.3 Å². The lowest BCUT2D eigenvalue weighted by molar-refractivity contribution is -0.146. The Morgan fingerprint density at radius 1 is 1.26 bits per heavy atom. The molecule has 31 heavy (non-hydrogen) atoms. The van der Waals surface area contributed by atoms with Crippen LogP contribution in [0.1, 0.15) is 54.4 Å². The molecular weight excluding hydrogens is 400 g/mol. The predicted molar refractivity (Wildman–Crippen MR) is 114 cm³/mol.